The van der Waals surface area contributed by atoms with Crippen molar-refractivity contribution in [3.63, 3.8) is 0 Å². The maximum atomic E-state index is 11.3. The zero-order valence-electron chi connectivity index (χ0n) is 24.2. The van der Waals surface area contributed by atoms with Crippen LogP contribution in [0.4, 0.5) is 0 Å². The minimum Gasteiger partial charge on any atom is -0.508 e. The molecule has 0 saturated carbocycles. The number of phenols is 2. The van der Waals surface area contributed by atoms with Gasteiger partial charge in [-0.15, -0.1) is 0 Å². The first kappa shape index (κ1) is 33.0. The highest BCUT2D eigenvalue weighted by Crippen LogP contribution is 2.47. The van der Waals surface area contributed by atoms with Gasteiger partial charge in [0.15, 0.2) is 0 Å². The summed E-state index contributed by atoms with van der Waals surface area (Å²) in [5.41, 5.74) is 6.59. The van der Waals surface area contributed by atoms with Gasteiger partial charge in [0.1, 0.15) is 17.1 Å². The number of nitrogens with zero attached hydrogens (tertiary/aromatic N) is 1. The van der Waals surface area contributed by atoms with E-state index in [-0.39, 0.29) is 23.7 Å². The SMILES string of the molecule is CCOC(=O)c1c(C)cc(O)cc1O.CN1CCC(=C2c3ccccc3Sc3ccccc32)CC1.O=C(O)C=CC(=O)O. The number of carboxylic acids is 2. The van der Waals surface area contributed by atoms with Gasteiger partial charge in [0.25, 0.3) is 0 Å². The Kier molecular flexibility index (Phi) is 12.0. The molecule has 43 heavy (non-hydrogen) atoms. The van der Waals surface area contributed by atoms with Gasteiger partial charge in [-0.05, 0) is 74.2 Å². The Bertz CT molecular complexity index is 1450. The lowest BCUT2D eigenvalue weighted by Gasteiger charge is -2.30. The first-order valence-electron chi connectivity index (χ1n) is 13.6. The molecular formula is C33H35NO8S. The van der Waals surface area contributed by atoms with Crippen molar-refractivity contribution in [2.75, 3.05) is 26.7 Å². The van der Waals surface area contributed by atoms with Crippen molar-refractivity contribution in [2.45, 2.75) is 36.5 Å². The van der Waals surface area contributed by atoms with Gasteiger partial charge in [-0.1, -0.05) is 53.7 Å². The molecule has 0 aromatic heterocycles. The number of piperidine rings is 1. The number of carbonyl (C=O) groups excluding carboxylic acids is 1. The highest BCUT2D eigenvalue weighted by molar-refractivity contribution is 7.99. The second-order valence-electron chi connectivity index (χ2n) is 9.76. The summed E-state index contributed by atoms with van der Waals surface area (Å²) in [7, 11) is 2.22. The molecular weight excluding hydrogens is 570 g/mol. The molecule has 9 nitrogen and oxygen atoms in total. The molecule has 3 aromatic carbocycles. The minimum absolute atomic E-state index is 0.0759. The minimum atomic E-state index is -1.26. The maximum Gasteiger partial charge on any atom is 0.342 e. The van der Waals surface area contributed by atoms with Gasteiger partial charge in [0, 0.05) is 41.1 Å². The highest BCUT2D eigenvalue weighted by atomic mass is 32.2. The van der Waals surface area contributed by atoms with Gasteiger partial charge in [-0.25, -0.2) is 14.4 Å². The monoisotopic (exact) mass is 605 g/mol. The molecule has 1 fully saturated rings. The Labute approximate surface area is 254 Å². The number of hydrogen-bond acceptors (Lipinski definition) is 8. The third-order valence-electron chi connectivity index (χ3n) is 6.62. The number of likely N-dealkylation sites (tertiary alicyclic amines) is 1. The van der Waals surface area contributed by atoms with E-state index in [1.165, 1.54) is 58.5 Å². The van der Waals surface area contributed by atoms with Crippen LogP contribution in [0.25, 0.3) is 5.57 Å². The van der Waals surface area contributed by atoms with Crippen molar-refractivity contribution in [1.29, 1.82) is 0 Å². The Balaban J connectivity index is 0.000000200. The van der Waals surface area contributed by atoms with E-state index in [0.29, 0.717) is 17.7 Å². The van der Waals surface area contributed by atoms with Crippen LogP contribution in [-0.2, 0) is 14.3 Å². The number of esters is 1. The number of ether oxygens (including phenoxy) is 1. The summed E-state index contributed by atoms with van der Waals surface area (Å²) in [5, 5.41) is 34.2. The third-order valence-corrected chi connectivity index (χ3v) is 7.78. The summed E-state index contributed by atoms with van der Waals surface area (Å²) in [4.78, 5) is 35.7. The van der Waals surface area contributed by atoms with E-state index in [1.807, 2.05) is 11.8 Å². The molecule has 4 N–H and O–H groups in total. The first-order chi connectivity index (χ1) is 20.5. The average Bonchev–Trinajstić information content (AvgIpc) is 2.96. The normalized spacial score (nSPS) is 13.9. The molecule has 0 amide bonds. The Morgan fingerprint density at radius 2 is 1.40 bits per heavy atom. The number of aryl methyl sites for hydroxylation is 1. The topological polar surface area (TPSA) is 145 Å². The predicted molar refractivity (Wildman–Crippen MR) is 165 cm³/mol. The molecule has 0 unspecified atom stereocenters. The number of rotatable bonds is 4. The largest absolute Gasteiger partial charge is 0.508 e. The second-order valence-corrected chi connectivity index (χ2v) is 10.8. The number of aromatic hydroxyl groups is 2. The lowest BCUT2D eigenvalue weighted by molar-refractivity contribution is -0.134. The van der Waals surface area contributed by atoms with Gasteiger partial charge in [0.05, 0.1) is 6.61 Å². The van der Waals surface area contributed by atoms with Crippen LogP contribution in [-0.4, -0.2) is 70.0 Å². The van der Waals surface area contributed by atoms with Crippen LogP contribution >= 0.6 is 11.8 Å². The molecule has 226 valence electrons. The van der Waals surface area contributed by atoms with Gasteiger partial charge < -0.3 is 30.1 Å². The zero-order valence-corrected chi connectivity index (χ0v) is 25.1. The smallest absolute Gasteiger partial charge is 0.342 e. The van der Waals surface area contributed by atoms with Crippen LogP contribution in [0.1, 0.15) is 46.8 Å². The summed E-state index contributed by atoms with van der Waals surface area (Å²) in [5.74, 6) is -3.43. The maximum absolute atomic E-state index is 11.3. The van der Waals surface area contributed by atoms with Crippen LogP contribution in [0.2, 0.25) is 0 Å². The van der Waals surface area contributed by atoms with Gasteiger partial charge in [-0.2, -0.15) is 0 Å². The highest BCUT2D eigenvalue weighted by Gasteiger charge is 2.24. The van der Waals surface area contributed by atoms with Gasteiger partial charge >= 0.3 is 17.9 Å². The quantitative estimate of drug-likeness (QED) is 0.162. The molecule has 2 aliphatic rings. The van der Waals surface area contributed by atoms with Crippen molar-refractivity contribution in [3.05, 3.63) is 101 Å². The fourth-order valence-corrected chi connectivity index (χ4v) is 5.76. The van der Waals surface area contributed by atoms with Crippen molar-refractivity contribution < 1.29 is 39.5 Å². The van der Waals surface area contributed by atoms with E-state index in [1.54, 1.807) is 19.4 Å². The summed E-state index contributed by atoms with van der Waals surface area (Å²) < 4.78 is 4.75. The fourth-order valence-electron chi connectivity index (χ4n) is 4.67. The molecule has 0 aliphatic carbocycles. The van der Waals surface area contributed by atoms with Crippen LogP contribution in [0.5, 0.6) is 11.5 Å². The Hall–Kier alpha value is -4.54. The third kappa shape index (κ3) is 9.22. The number of phenolic OH excluding ortho intramolecular Hbond substituents is 2. The second kappa shape index (κ2) is 15.6. The Morgan fingerprint density at radius 1 is 0.884 bits per heavy atom. The van der Waals surface area contributed by atoms with E-state index < -0.39 is 17.9 Å². The molecule has 0 bridgehead atoms. The van der Waals surface area contributed by atoms with Crippen molar-refractivity contribution in [3.8, 4) is 11.5 Å². The van der Waals surface area contributed by atoms with Crippen molar-refractivity contribution >= 4 is 35.2 Å². The van der Waals surface area contributed by atoms with Crippen LogP contribution in [0.3, 0.4) is 0 Å². The lowest BCUT2D eigenvalue weighted by atomic mass is 9.88. The zero-order chi connectivity index (χ0) is 31.5. The summed E-state index contributed by atoms with van der Waals surface area (Å²) in [6, 6.07) is 20.2. The summed E-state index contributed by atoms with van der Waals surface area (Å²) >= 11 is 1.91. The van der Waals surface area contributed by atoms with Gasteiger partial charge in [-0.3, -0.25) is 0 Å². The Morgan fingerprint density at radius 3 is 1.86 bits per heavy atom. The molecule has 0 atom stereocenters. The molecule has 1 saturated heterocycles. The summed E-state index contributed by atoms with van der Waals surface area (Å²) in [6.07, 6.45) is 3.50. The van der Waals surface area contributed by atoms with Crippen LogP contribution < -0.4 is 0 Å². The molecule has 2 aliphatic heterocycles. The number of hydrogen-bond donors (Lipinski definition) is 4. The van der Waals surface area contributed by atoms with E-state index in [2.05, 4.69) is 60.5 Å². The summed E-state index contributed by atoms with van der Waals surface area (Å²) in [6.45, 7) is 5.90. The number of fused-ring (bicyclic) bond motifs is 2. The molecule has 0 radical (unpaired) electrons. The van der Waals surface area contributed by atoms with Crippen molar-refractivity contribution in [1.82, 2.24) is 4.90 Å². The molecule has 10 heteroatoms. The number of aliphatic carboxylic acids is 2. The van der Waals surface area contributed by atoms with E-state index >= 15 is 0 Å². The fraction of sp³-hybridized carbons (Fsp3) is 0.242. The average molecular weight is 606 g/mol. The van der Waals surface area contributed by atoms with Crippen molar-refractivity contribution in [2.24, 2.45) is 0 Å². The lowest BCUT2D eigenvalue weighted by Crippen LogP contribution is -2.27. The predicted octanol–water partition coefficient (Wildman–Crippen LogP) is 5.97. The van der Waals surface area contributed by atoms with Gasteiger partial charge in [0.2, 0.25) is 0 Å². The standard InChI is InChI=1S/C19H19NS.C10H12O4.C4H4O4/c1-20-12-10-14(11-13-20)19-15-6-2-4-8-17(15)21-18-9-5-3-7-16(18)19;1-3-14-10(13)9-6(2)4-7(11)5-8(9)12;5-3(6)1-2-4(7)8/h2-9H,10-13H2,1H3;4-5,11-12H,3H2,1-2H3;1-2H,(H,5,6)(H,7,8). The van der Waals surface area contributed by atoms with E-state index in [0.717, 1.165) is 6.07 Å². The first-order valence-corrected chi connectivity index (χ1v) is 14.4. The van der Waals surface area contributed by atoms with E-state index in [9.17, 15) is 19.5 Å². The molecule has 5 rings (SSSR count). The molecule has 0 spiro atoms. The van der Waals surface area contributed by atoms with E-state index in [4.69, 9.17) is 20.1 Å². The number of carbonyl (C=O) groups is 3. The number of carboxylic acid groups (broad SMARTS) is 2. The number of benzene rings is 3. The molecule has 3 aromatic rings. The van der Waals surface area contributed by atoms with Crippen LogP contribution in [0, 0.1) is 6.92 Å². The van der Waals surface area contributed by atoms with Crippen LogP contribution in [0.15, 0.2) is 88.2 Å². The molecule has 2 heterocycles.